The lowest BCUT2D eigenvalue weighted by Crippen LogP contribution is -2.47. The molecule has 1 N–H and O–H groups in total. The van der Waals surface area contributed by atoms with E-state index in [0.717, 1.165) is 0 Å². The Kier molecular flexibility index (Phi) is 7.00. The van der Waals surface area contributed by atoms with Crippen LogP contribution in [0.5, 0.6) is 23.0 Å². The number of ether oxygens (including phenoxy) is 4. The number of nitrogens with one attached hydrogen (secondary N) is 1. The van der Waals surface area contributed by atoms with Gasteiger partial charge < -0.3 is 29.2 Å². The Morgan fingerprint density at radius 1 is 1.07 bits per heavy atom. The molecule has 2 amide bonds. The van der Waals surface area contributed by atoms with Crippen molar-refractivity contribution < 1.29 is 28.5 Å². The molecule has 0 bridgehead atoms. The van der Waals surface area contributed by atoms with E-state index in [4.69, 9.17) is 18.9 Å². The summed E-state index contributed by atoms with van der Waals surface area (Å²) >= 11 is 0. The standard InChI is InChI=1S/C22H26N2O6/c1-4-27-17-11-10-15(12-19(17)28-5-2)23-21(25)13-24(3)22(26)20-14-29-16-8-6-7-9-18(16)30-20/h6-12,20H,4-5,13-14H2,1-3H3,(H,23,25)/t20-/m0/s1. The summed E-state index contributed by atoms with van der Waals surface area (Å²) in [6.45, 7) is 4.71. The maximum atomic E-state index is 12.7. The van der Waals surface area contributed by atoms with Crippen molar-refractivity contribution in [2.75, 3.05) is 38.7 Å². The minimum atomic E-state index is -0.798. The smallest absolute Gasteiger partial charge is 0.267 e. The zero-order valence-corrected chi connectivity index (χ0v) is 17.3. The van der Waals surface area contributed by atoms with Crippen molar-refractivity contribution in [1.82, 2.24) is 4.90 Å². The molecule has 30 heavy (non-hydrogen) atoms. The Morgan fingerprint density at radius 2 is 1.77 bits per heavy atom. The van der Waals surface area contributed by atoms with Crippen LogP contribution in [0.3, 0.4) is 0 Å². The van der Waals surface area contributed by atoms with Gasteiger partial charge in [0.2, 0.25) is 12.0 Å². The molecule has 0 saturated carbocycles. The molecule has 0 fully saturated rings. The summed E-state index contributed by atoms with van der Waals surface area (Å²) in [6, 6.07) is 12.3. The van der Waals surface area contributed by atoms with E-state index >= 15 is 0 Å². The van der Waals surface area contributed by atoms with Crippen LogP contribution >= 0.6 is 0 Å². The van der Waals surface area contributed by atoms with E-state index < -0.39 is 6.10 Å². The number of fused-ring (bicyclic) bond motifs is 1. The summed E-state index contributed by atoms with van der Waals surface area (Å²) in [4.78, 5) is 26.4. The molecule has 2 aromatic carbocycles. The molecule has 0 radical (unpaired) electrons. The molecule has 1 aliphatic heterocycles. The molecule has 0 spiro atoms. The second-order valence-corrected chi connectivity index (χ2v) is 6.63. The summed E-state index contributed by atoms with van der Waals surface area (Å²) in [7, 11) is 1.55. The van der Waals surface area contributed by atoms with Gasteiger partial charge in [-0.15, -0.1) is 0 Å². The van der Waals surface area contributed by atoms with E-state index in [-0.39, 0.29) is 25.0 Å². The van der Waals surface area contributed by atoms with Crippen LogP contribution in [0.1, 0.15) is 13.8 Å². The highest BCUT2D eigenvalue weighted by Gasteiger charge is 2.30. The van der Waals surface area contributed by atoms with E-state index in [9.17, 15) is 9.59 Å². The largest absolute Gasteiger partial charge is 0.490 e. The molecule has 1 aliphatic rings. The van der Waals surface area contributed by atoms with Gasteiger partial charge in [0.1, 0.15) is 6.61 Å². The van der Waals surface area contributed by atoms with Gasteiger partial charge in [-0.2, -0.15) is 0 Å². The number of benzene rings is 2. The highest BCUT2D eigenvalue weighted by molar-refractivity contribution is 5.95. The molecule has 3 rings (SSSR count). The van der Waals surface area contributed by atoms with Crippen LogP contribution in [0.25, 0.3) is 0 Å². The van der Waals surface area contributed by atoms with Crippen LogP contribution in [0.4, 0.5) is 5.69 Å². The molecular weight excluding hydrogens is 388 g/mol. The van der Waals surface area contributed by atoms with Gasteiger partial charge in [0.05, 0.1) is 19.8 Å². The minimum Gasteiger partial charge on any atom is -0.490 e. The van der Waals surface area contributed by atoms with Gasteiger partial charge in [-0.3, -0.25) is 9.59 Å². The van der Waals surface area contributed by atoms with E-state index in [2.05, 4.69) is 5.32 Å². The van der Waals surface area contributed by atoms with Crippen molar-refractivity contribution in [3.05, 3.63) is 42.5 Å². The van der Waals surface area contributed by atoms with Crippen molar-refractivity contribution in [2.24, 2.45) is 0 Å². The molecule has 0 aromatic heterocycles. The molecule has 0 aliphatic carbocycles. The molecule has 1 atom stereocenters. The van der Waals surface area contributed by atoms with Crippen molar-refractivity contribution in [2.45, 2.75) is 20.0 Å². The fourth-order valence-corrected chi connectivity index (χ4v) is 3.01. The number of amides is 2. The highest BCUT2D eigenvalue weighted by atomic mass is 16.6. The Hall–Kier alpha value is -3.42. The normalized spacial score (nSPS) is 14.6. The number of para-hydroxylation sites is 2. The van der Waals surface area contributed by atoms with E-state index in [0.29, 0.717) is 41.9 Å². The summed E-state index contributed by atoms with van der Waals surface area (Å²) in [5, 5.41) is 2.77. The number of rotatable bonds is 8. The maximum Gasteiger partial charge on any atom is 0.267 e. The number of hydrogen-bond donors (Lipinski definition) is 1. The van der Waals surface area contributed by atoms with Gasteiger partial charge in [-0.25, -0.2) is 0 Å². The molecular formula is C22H26N2O6. The number of carbonyl (C=O) groups excluding carboxylic acids is 2. The number of anilines is 1. The van der Waals surface area contributed by atoms with Crippen LogP contribution in [0.2, 0.25) is 0 Å². The van der Waals surface area contributed by atoms with E-state index in [1.807, 2.05) is 19.9 Å². The first-order valence-electron chi connectivity index (χ1n) is 9.84. The number of hydrogen-bond acceptors (Lipinski definition) is 6. The zero-order valence-electron chi connectivity index (χ0n) is 17.3. The molecule has 8 heteroatoms. The second kappa shape index (κ2) is 9.87. The van der Waals surface area contributed by atoms with Crippen LogP contribution in [-0.4, -0.2) is 56.2 Å². The Morgan fingerprint density at radius 3 is 2.50 bits per heavy atom. The van der Waals surface area contributed by atoms with Crippen molar-refractivity contribution in [3.63, 3.8) is 0 Å². The van der Waals surface area contributed by atoms with Crippen molar-refractivity contribution in [3.8, 4) is 23.0 Å². The Labute approximate surface area is 175 Å². The highest BCUT2D eigenvalue weighted by Crippen LogP contribution is 2.32. The van der Waals surface area contributed by atoms with Crippen LogP contribution < -0.4 is 24.3 Å². The average Bonchev–Trinajstić information content (AvgIpc) is 2.75. The first-order chi connectivity index (χ1) is 14.5. The lowest BCUT2D eigenvalue weighted by Gasteiger charge is -2.28. The summed E-state index contributed by atoms with van der Waals surface area (Å²) in [5.41, 5.74) is 0.555. The zero-order chi connectivity index (χ0) is 21.5. The van der Waals surface area contributed by atoms with Crippen LogP contribution in [0.15, 0.2) is 42.5 Å². The van der Waals surface area contributed by atoms with Crippen LogP contribution in [0, 0.1) is 0 Å². The van der Waals surface area contributed by atoms with Gasteiger partial charge >= 0.3 is 0 Å². The third-order valence-corrected chi connectivity index (χ3v) is 4.37. The van der Waals surface area contributed by atoms with Crippen molar-refractivity contribution in [1.29, 1.82) is 0 Å². The molecule has 160 valence electrons. The molecule has 1 heterocycles. The number of carbonyl (C=O) groups is 2. The first kappa shape index (κ1) is 21.3. The fraction of sp³-hybridized carbons (Fsp3) is 0.364. The Balaban J connectivity index is 1.58. The molecule has 0 saturated heterocycles. The molecule has 0 unspecified atom stereocenters. The average molecular weight is 414 g/mol. The minimum absolute atomic E-state index is 0.0956. The SMILES string of the molecule is CCOc1ccc(NC(=O)CN(C)C(=O)[C@@H]2COc3ccccc3O2)cc1OCC. The predicted octanol–water partition coefficient (Wildman–Crippen LogP) is 2.72. The topological polar surface area (TPSA) is 86.3 Å². The number of likely N-dealkylation sites (N-methyl/N-ethyl adjacent to an activating group) is 1. The van der Waals surface area contributed by atoms with E-state index in [1.165, 1.54) is 4.90 Å². The molecule has 2 aromatic rings. The van der Waals surface area contributed by atoms with E-state index in [1.54, 1.807) is 43.4 Å². The lowest BCUT2D eigenvalue weighted by molar-refractivity contribution is -0.141. The monoisotopic (exact) mass is 414 g/mol. The quantitative estimate of drug-likeness (QED) is 0.715. The summed E-state index contributed by atoms with van der Waals surface area (Å²) in [6.07, 6.45) is -0.798. The third kappa shape index (κ3) is 5.14. The Bertz CT molecular complexity index is 901. The third-order valence-electron chi connectivity index (χ3n) is 4.37. The van der Waals surface area contributed by atoms with Gasteiger partial charge in [0, 0.05) is 18.8 Å². The van der Waals surface area contributed by atoms with Gasteiger partial charge in [0.25, 0.3) is 5.91 Å². The lowest BCUT2D eigenvalue weighted by atomic mass is 10.2. The fourth-order valence-electron chi connectivity index (χ4n) is 3.01. The van der Waals surface area contributed by atoms with Gasteiger partial charge in [-0.05, 0) is 38.1 Å². The summed E-state index contributed by atoms with van der Waals surface area (Å²) in [5.74, 6) is 1.60. The van der Waals surface area contributed by atoms with Crippen LogP contribution in [-0.2, 0) is 9.59 Å². The van der Waals surface area contributed by atoms with Crippen molar-refractivity contribution >= 4 is 17.5 Å². The summed E-state index contributed by atoms with van der Waals surface area (Å²) < 4.78 is 22.4. The van der Waals surface area contributed by atoms with Gasteiger partial charge in [0.15, 0.2) is 23.0 Å². The predicted molar refractivity (Wildman–Crippen MR) is 111 cm³/mol. The van der Waals surface area contributed by atoms with Gasteiger partial charge in [-0.1, -0.05) is 12.1 Å². The number of nitrogens with zero attached hydrogens (tertiary/aromatic N) is 1. The maximum absolute atomic E-state index is 12.7. The molecule has 8 nitrogen and oxygen atoms in total. The first-order valence-corrected chi connectivity index (χ1v) is 9.84. The second-order valence-electron chi connectivity index (χ2n) is 6.63.